The van der Waals surface area contributed by atoms with E-state index >= 15 is 0 Å². The molecule has 2 aromatic carbocycles. The lowest BCUT2D eigenvalue weighted by Gasteiger charge is -2.36. The largest absolute Gasteiger partial charge is 0.463 e. The van der Waals surface area contributed by atoms with Crippen LogP contribution in [0.25, 0.3) is 0 Å². The zero-order valence-electron chi connectivity index (χ0n) is 31.1. The first-order chi connectivity index (χ1) is 24.9. The molecule has 0 aromatic heterocycles. The van der Waals surface area contributed by atoms with Gasteiger partial charge in [0.05, 0.1) is 23.4 Å². The number of sulfonamides is 1. The van der Waals surface area contributed by atoms with E-state index in [0.717, 1.165) is 29.8 Å². The molecule has 3 N–H and O–H groups in total. The molecule has 15 heteroatoms. The SMILES string of the molecule is CCC1C[C@]1(NC(=O)C1C[C@@H](OC=O)CN1C(=O)[C@@H](Nc1ccc(C)c(C#N)c1)C(C)(C)C)C(=O)NS(=O)(=O)C1CC1.CN1Cc2cccc(F)c2C1. The molecule has 2 aliphatic carbocycles. The van der Waals surface area contributed by atoms with E-state index in [1.807, 2.05) is 47.7 Å². The van der Waals surface area contributed by atoms with Crippen molar-refractivity contribution >= 4 is 39.9 Å². The number of nitrogens with one attached hydrogen (secondary N) is 3. The van der Waals surface area contributed by atoms with Gasteiger partial charge >= 0.3 is 0 Å². The summed E-state index contributed by atoms with van der Waals surface area (Å²) in [4.78, 5) is 55.7. The van der Waals surface area contributed by atoms with Crippen LogP contribution in [-0.2, 0) is 47.0 Å². The normalized spacial score (nSPS) is 24.1. The predicted octanol–water partition coefficient (Wildman–Crippen LogP) is 3.50. The molecule has 53 heavy (non-hydrogen) atoms. The van der Waals surface area contributed by atoms with Crippen molar-refractivity contribution in [1.82, 2.24) is 19.8 Å². The molecule has 2 aromatic rings. The van der Waals surface area contributed by atoms with Gasteiger partial charge in [-0.1, -0.05) is 52.3 Å². The molecule has 3 amide bonds. The van der Waals surface area contributed by atoms with Gasteiger partial charge in [-0.05, 0) is 73.9 Å². The van der Waals surface area contributed by atoms with E-state index in [9.17, 15) is 37.2 Å². The highest BCUT2D eigenvalue weighted by Gasteiger charge is 2.62. The third kappa shape index (κ3) is 8.81. The number of anilines is 1. The highest BCUT2D eigenvalue weighted by Crippen LogP contribution is 2.47. The molecule has 3 fully saturated rings. The highest BCUT2D eigenvalue weighted by molar-refractivity contribution is 7.91. The molecule has 2 saturated carbocycles. The van der Waals surface area contributed by atoms with Gasteiger partial charge in [0.15, 0.2) is 0 Å². The Morgan fingerprint density at radius 1 is 1.17 bits per heavy atom. The Morgan fingerprint density at radius 2 is 1.89 bits per heavy atom. The Morgan fingerprint density at radius 3 is 2.47 bits per heavy atom. The van der Waals surface area contributed by atoms with Crippen LogP contribution in [0.4, 0.5) is 10.1 Å². The molecule has 13 nitrogen and oxygen atoms in total. The second-order valence-electron chi connectivity index (χ2n) is 15.7. The van der Waals surface area contributed by atoms with Crippen LogP contribution in [0, 0.1) is 35.4 Å². The van der Waals surface area contributed by atoms with Gasteiger partial charge in [-0.2, -0.15) is 5.26 Å². The van der Waals surface area contributed by atoms with Crippen molar-refractivity contribution in [1.29, 1.82) is 5.26 Å². The van der Waals surface area contributed by atoms with E-state index in [4.69, 9.17) is 4.74 Å². The van der Waals surface area contributed by atoms with Gasteiger partial charge < -0.3 is 20.3 Å². The van der Waals surface area contributed by atoms with Crippen molar-refractivity contribution in [3.05, 3.63) is 64.5 Å². The number of fused-ring (bicyclic) bond motifs is 1. The van der Waals surface area contributed by atoms with Gasteiger partial charge in [0.2, 0.25) is 21.8 Å². The van der Waals surface area contributed by atoms with E-state index < -0.39 is 62.1 Å². The Bertz CT molecular complexity index is 1910. The quantitative estimate of drug-likeness (QED) is 0.288. The van der Waals surface area contributed by atoms with Gasteiger partial charge in [-0.3, -0.25) is 28.8 Å². The number of nitrogens with zero attached hydrogens (tertiary/aromatic N) is 3. The third-order valence-corrected chi connectivity index (χ3v) is 12.3. The second-order valence-corrected chi connectivity index (χ2v) is 17.6. The van der Waals surface area contributed by atoms with E-state index in [2.05, 4.69) is 26.3 Å². The van der Waals surface area contributed by atoms with Gasteiger partial charge in [0.25, 0.3) is 12.4 Å². The summed E-state index contributed by atoms with van der Waals surface area (Å²) in [5, 5.41) is 14.9. The molecule has 0 spiro atoms. The summed E-state index contributed by atoms with van der Waals surface area (Å²) in [5.41, 5.74) is 1.77. The first kappa shape index (κ1) is 39.7. The summed E-state index contributed by atoms with van der Waals surface area (Å²) in [5.74, 6) is -2.13. The fourth-order valence-corrected chi connectivity index (χ4v) is 8.48. The number of carbonyl (C=O) groups excluding carboxylic acids is 4. The molecule has 2 aliphatic heterocycles. The molecule has 5 atom stereocenters. The van der Waals surface area contributed by atoms with Gasteiger partial charge in [-0.25, -0.2) is 12.8 Å². The number of halogens is 1. The molecule has 286 valence electrons. The number of ether oxygens (including phenoxy) is 1. The minimum atomic E-state index is -3.82. The van der Waals surface area contributed by atoms with Crippen molar-refractivity contribution < 1.29 is 36.7 Å². The summed E-state index contributed by atoms with van der Waals surface area (Å²) in [7, 11) is -1.82. The lowest BCUT2D eigenvalue weighted by molar-refractivity contribution is -0.142. The Labute approximate surface area is 310 Å². The zero-order valence-corrected chi connectivity index (χ0v) is 31.9. The van der Waals surface area contributed by atoms with Crippen molar-refractivity contribution in [2.24, 2.45) is 11.3 Å². The van der Waals surface area contributed by atoms with Crippen LogP contribution in [0.2, 0.25) is 0 Å². The number of benzene rings is 2. The van der Waals surface area contributed by atoms with Crippen LogP contribution in [0.3, 0.4) is 0 Å². The maximum absolute atomic E-state index is 14.1. The number of carbonyl (C=O) groups is 4. The van der Waals surface area contributed by atoms with Crippen LogP contribution in [-0.4, -0.2) is 85.0 Å². The second kappa shape index (κ2) is 15.4. The van der Waals surface area contributed by atoms with Gasteiger partial charge in [0.1, 0.15) is 29.5 Å². The van der Waals surface area contributed by atoms with Crippen molar-refractivity contribution in [3.63, 3.8) is 0 Å². The number of nitriles is 1. The lowest BCUT2D eigenvalue weighted by Crippen LogP contribution is -2.58. The summed E-state index contributed by atoms with van der Waals surface area (Å²) in [6.45, 7) is 11.1. The number of hydrogen-bond donors (Lipinski definition) is 3. The highest BCUT2D eigenvalue weighted by atomic mass is 32.2. The van der Waals surface area contributed by atoms with E-state index in [1.165, 1.54) is 11.0 Å². The van der Waals surface area contributed by atoms with Crippen LogP contribution in [0.1, 0.15) is 82.1 Å². The molecule has 2 heterocycles. The predicted molar refractivity (Wildman–Crippen MR) is 195 cm³/mol. The molecule has 0 bridgehead atoms. The van der Waals surface area contributed by atoms with Crippen molar-refractivity contribution in [2.75, 3.05) is 18.9 Å². The molecule has 2 unspecified atom stereocenters. The summed E-state index contributed by atoms with van der Waals surface area (Å²) < 4.78 is 45.3. The zero-order chi connectivity index (χ0) is 38.9. The van der Waals surface area contributed by atoms with E-state index in [1.54, 1.807) is 24.3 Å². The summed E-state index contributed by atoms with van der Waals surface area (Å²) >= 11 is 0. The lowest BCUT2D eigenvalue weighted by atomic mass is 9.85. The fourth-order valence-electron chi connectivity index (χ4n) is 7.12. The number of rotatable bonds is 11. The van der Waals surface area contributed by atoms with Crippen LogP contribution in [0.15, 0.2) is 36.4 Å². The van der Waals surface area contributed by atoms with Crippen LogP contribution in [0.5, 0.6) is 0 Å². The summed E-state index contributed by atoms with van der Waals surface area (Å²) in [6.07, 6.45) is 1.06. The van der Waals surface area contributed by atoms with Crippen LogP contribution >= 0.6 is 0 Å². The average Bonchev–Trinajstić information content (AvgIpc) is 3.99. The maximum atomic E-state index is 14.1. The Balaban J connectivity index is 0.000000416. The minimum Gasteiger partial charge on any atom is -0.463 e. The van der Waals surface area contributed by atoms with Gasteiger partial charge in [0, 0.05) is 30.8 Å². The number of amides is 3. The Kier molecular flexibility index (Phi) is 11.5. The standard InChI is InChI=1S/C29H39N5O7S.C9H10FN/c1-6-19-13-29(19,27(38)33-42(39,40)22-9-10-22)32-25(36)23-12-21(41-16-35)15-34(23)26(37)24(28(3,4)5)31-20-8-7-17(2)18(11-20)14-30;1-11-5-7-3-2-4-9(10)8(7)6-11/h7-8,11,16,19,21-24,31H,6,9-10,12-13,15H2,1-5H3,(H,32,36)(H,33,38);2-4H,5-6H2,1H3/t19?,21-,23?,24-,29-;/m1./s1. The molecule has 4 aliphatic rings. The van der Waals surface area contributed by atoms with Crippen molar-refractivity contribution in [3.8, 4) is 6.07 Å². The number of likely N-dealkylation sites (tertiary alicyclic amines) is 1. The molecular weight excluding hydrogens is 704 g/mol. The number of hydrogen-bond acceptors (Lipinski definition) is 10. The van der Waals surface area contributed by atoms with E-state index in [0.29, 0.717) is 30.5 Å². The van der Waals surface area contributed by atoms with Crippen molar-refractivity contribution in [2.45, 2.75) is 109 Å². The topological polar surface area (TPSA) is 178 Å². The first-order valence-corrected chi connectivity index (χ1v) is 19.5. The van der Waals surface area contributed by atoms with E-state index in [-0.39, 0.29) is 37.6 Å². The maximum Gasteiger partial charge on any atom is 0.293 e. The number of aryl methyl sites for hydroxylation is 1. The Hall–Kier alpha value is -4.55. The minimum absolute atomic E-state index is 0.0190. The molecule has 0 radical (unpaired) electrons. The monoisotopic (exact) mass is 752 g/mol. The molecular formula is C38H49FN6O7S. The molecule has 6 rings (SSSR count). The fraction of sp³-hybridized carbons (Fsp3) is 0.553. The summed E-state index contributed by atoms with van der Waals surface area (Å²) in [6, 6.07) is 10.7. The average molecular weight is 753 g/mol. The molecule has 1 saturated heterocycles. The van der Waals surface area contributed by atoms with Gasteiger partial charge in [-0.15, -0.1) is 0 Å². The third-order valence-electron chi connectivity index (χ3n) is 10.5. The van der Waals surface area contributed by atoms with Crippen LogP contribution < -0.4 is 15.4 Å². The smallest absolute Gasteiger partial charge is 0.293 e. The first-order valence-electron chi connectivity index (χ1n) is 17.9.